The SMILES string of the molecule is CCCc1nc2cc(N)ccc2n1CC(CC)CC. The van der Waals surface area contributed by atoms with E-state index in [0.717, 1.165) is 36.5 Å². The van der Waals surface area contributed by atoms with Gasteiger partial charge in [-0.3, -0.25) is 0 Å². The Morgan fingerprint density at radius 3 is 2.58 bits per heavy atom. The lowest BCUT2D eigenvalue weighted by Crippen LogP contribution is -2.12. The number of hydrogen-bond donors (Lipinski definition) is 1. The van der Waals surface area contributed by atoms with Gasteiger partial charge in [0.25, 0.3) is 0 Å². The third-order valence-electron chi connectivity index (χ3n) is 3.92. The predicted octanol–water partition coefficient (Wildman–Crippen LogP) is 4.01. The number of benzene rings is 1. The normalized spacial score (nSPS) is 11.6. The highest BCUT2D eigenvalue weighted by Gasteiger charge is 2.13. The van der Waals surface area contributed by atoms with E-state index in [1.165, 1.54) is 24.2 Å². The van der Waals surface area contributed by atoms with Crippen molar-refractivity contribution in [2.75, 3.05) is 5.73 Å². The van der Waals surface area contributed by atoms with Crippen LogP contribution in [0.25, 0.3) is 11.0 Å². The van der Waals surface area contributed by atoms with Gasteiger partial charge >= 0.3 is 0 Å². The number of nitrogens with zero attached hydrogens (tertiary/aromatic N) is 2. The van der Waals surface area contributed by atoms with Crippen molar-refractivity contribution in [1.29, 1.82) is 0 Å². The van der Waals surface area contributed by atoms with Crippen LogP contribution in [0.3, 0.4) is 0 Å². The molecule has 19 heavy (non-hydrogen) atoms. The number of fused-ring (bicyclic) bond motifs is 1. The van der Waals surface area contributed by atoms with E-state index in [9.17, 15) is 0 Å². The molecule has 0 amide bonds. The second-order valence-electron chi connectivity index (χ2n) is 5.32. The lowest BCUT2D eigenvalue weighted by Gasteiger charge is -2.16. The van der Waals surface area contributed by atoms with Crippen molar-refractivity contribution in [3.05, 3.63) is 24.0 Å². The molecule has 0 spiro atoms. The Balaban J connectivity index is 2.45. The van der Waals surface area contributed by atoms with Gasteiger partial charge < -0.3 is 10.3 Å². The molecule has 2 rings (SSSR count). The minimum atomic E-state index is 0.727. The van der Waals surface area contributed by atoms with E-state index in [0.29, 0.717) is 0 Å². The fourth-order valence-corrected chi connectivity index (χ4v) is 2.62. The van der Waals surface area contributed by atoms with Gasteiger partial charge in [-0.1, -0.05) is 33.6 Å². The van der Waals surface area contributed by atoms with Crippen LogP contribution in [-0.2, 0) is 13.0 Å². The summed E-state index contributed by atoms with van der Waals surface area (Å²) >= 11 is 0. The number of aromatic nitrogens is 2. The average molecular weight is 259 g/mol. The van der Waals surface area contributed by atoms with Crippen LogP contribution in [0.4, 0.5) is 5.69 Å². The highest BCUT2D eigenvalue weighted by atomic mass is 15.1. The van der Waals surface area contributed by atoms with Gasteiger partial charge in [0.2, 0.25) is 0 Å². The van der Waals surface area contributed by atoms with Gasteiger partial charge in [-0.2, -0.15) is 0 Å². The predicted molar refractivity (Wildman–Crippen MR) is 82.2 cm³/mol. The Morgan fingerprint density at radius 2 is 1.95 bits per heavy atom. The van der Waals surface area contributed by atoms with Crippen molar-refractivity contribution in [3.8, 4) is 0 Å². The van der Waals surface area contributed by atoms with E-state index >= 15 is 0 Å². The number of nitrogens with two attached hydrogens (primary N) is 1. The van der Waals surface area contributed by atoms with Gasteiger partial charge in [-0.05, 0) is 30.5 Å². The third kappa shape index (κ3) is 2.91. The number of anilines is 1. The smallest absolute Gasteiger partial charge is 0.109 e. The number of nitrogen functional groups attached to an aromatic ring is 1. The van der Waals surface area contributed by atoms with E-state index in [-0.39, 0.29) is 0 Å². The molecule has 0 atom stereocenters. The molecule has 0 aliphatic rings. The molecule has 1 aromatic heterocycles. The summed E-state index contributed by atoms with van der Waals surface area (Å²) < 4.78 is 2.40. The number of imidazole rings is 1. The maximum atomic E-state index is 5.86. The Hall–Kier alpha value is -1.51. The van der Waals surface area contributed by atoms with Crippen molar-refractivity contribution in [2.24, 2.45) is 5.92 Å². The molecule has 0 unspecified atom stereocenters. The zero-order chi connectivity index (χ0) is 13.8. The van der Waals surface area contributed by atoms with E-state index in [2.05, 4.69) is 31.4 Å². The van der Waals surface area contributed by atoms with E-state index in [4.69, 9.17) is 10.7 Å². The number of rotatable bonds is 6. The summed E-state index contributed by atoms with van der Waals surface area (Å²) in [5, 5.41) is 0. The highest BCUT2D eigenvalue weighted by Crippen LogP contribution is 2.23. The molecule has 2 N–H and O–H groups in total. The molecular formula is C16H25N3. The summed E-state index contributed by atoms with van der Waals surface area (Å²) in [6.07, 6.45) is 4.60. The van der Waals surface area contributed by atoms with Gasteiger partial charge in [-0.25, -0.2) is 4.98 Å². The first-order chi connectivity index (χ1) is 9.19. The largest absolute Gasteiger partial charge is 0.399 e. The quantitative estimate of drug-likeness (QED) is 0.797. The summed E-state index contributed by atoms with van der Waals surface area (Å²) in [6.45, 7) is 7.81. The van der Waals surface area contributed by atoms with E-state index in [1.54, 1.807) is 0 Å². The summed E-state index contributed by atoms with van der Waals surface area (Å²) in [5.74, 6) is 1.93. The molecule has 0 aliphatic heterocycles. The molecule has 0 saturated heterocycles. The van der Waals surface area contributed by atoms with Crippen LogP contribution in [0.2, 0.25) is 0 Å². The van der Waals surface area contributed by atoms with Crippen molar-refractivity contribution >= 4 is 16.7 Å². The van der Waals surface area contributed by atoms with Crippen LogP contribution in [0.15, 0.2) is 18.2 Å². The fraction of sp³-hybridized carbons (Fsp3) is 0.562. The zero-order valence-electron chi connectivity index (χ0n) is 12.3. The summed E-state index contributed by atoms with van der Waals surface area (Å²) in [5.41, 5.74) is 8.92. The van der Waals surface area contributed by atoms with Crippen molar-refractivity contribution in [1.82, 2.24) is 9.55 Å². The van der Waals surface area contributed by atoms with Crippen LogP contribution in [-0.4, -0.2) is 9.55 Å². The first kappa shape index (κ1) is 13.9. The lowest BCUT2D eigenvalue weighted by atomic mass is 10.0. The number of aryl methyl sites for hydroxylation is 1. The van der Waals surface area contributed by atoms with Crippen LogP contribution in [0.5, 0.6) is 0 Å². The van der Waals surface area contributed by atoms with Crippen molar-refractivity contribution in [3.63, 3.8) is 0 Å². The first-order valence-electron chi connectivity index (χ1n) is 7.44. The molecule has 2 aromatic rings. The third-order valence-corrected chi connectivity index (χ3v) is 3.92. The second kappa shape index (κ2) is 6.09. The summed E-state index contributed by atoms with van der Waals surface area (Å²) in [7, 11) is 0. The average Bonchev–Trinajstić information content (AvgIpc) is 2.73. The monoisotopic (exact) mass is 259 g/mol. The molecule has 0 aliphatic carbocycles. The van der Waals surface area contributed by atoms with E-state index < -0.39 is 0 Å². The molecule has 0 radical (unpaired) electrons. The molecule has 3 heteroatoms. The standard InChI is InChI=1S/C16H25N3/c1-4-7-16-18-14-10-13(17)8-9-15(14)19(16)11-12(5-2)6-3/h8-10,12H,4-7,11,17H2,1-3H3. The van der Waals surface area contributed by atoms with Crippen LogP contribution >= 0.6 is 0 Å². The second-order valence-corrected chi connectivity index (χ2v) is 5.32. The van der Waals surface area contributed by atoms with Gasteiger partial charge in [-0.15, -0.1) is 0 Å². The van der Waals surface area contributed by atoms with Gasteiger partial charge in [0, 0.05) is 18.7 Å². The Labute approximate surface area is 115 Å². The Bertz CT molecular complexity index is 538. The summed E-state index contributed by atoms with van der Waals surface area (Å²) in [4.78, 5) is 4.77. The maximum absolute atomic E-state index is 5.86. The molecule has 1 aromatic carbocycles. The minimum Gasteiger partial charge on any atom is -0.399 e. The van der Waals surface area contributed by atoms with Crippen molar-refractivity contribution in [2.45, 2.75) is 53.0 Å². The molecule has 0 saturated carbocycles. The van der Waals surface area contributed by atoms with Gasteiger partial charge in [0.1, 0.15) is 5.82 Å². The topological polar surface area (TPSA) is 43.8 Å². The van der Waals surface area contributed by atoms with Gasteiger partial charge in [0.15, 0.2) is 0 Å². The minimum absolute atomic E-state index is 0.727. The summed E-state index contributed by atoms with van der Waals surface area (Å²) in [6, 6.07) is 6.07. The maximum Gasteiger partial charge on any atom is 0.109 e. The molecule has 0 bridgehead atoms. The molecule has 1 heterocycles. The highest BCUT2D eigenvalue weighted by molar-refractivity contribution is 5.79. The zero-order valence-corrected chi connectivity index (χ0v) is 12.3. The Morgan fingerprint density at radius 1 is 1.21 bits per heavy atom. The molecule has 0 fully saturated rings. The van der Waals surface area contributed by atoms with Crippen LogP contribution < -0.4 is 5.73 Å². The van der Waals surface area contributed by atoms with Crippen molar-refractivity contribution < 1.29 is 0 Å². The lowest BCUT2D eigenvalue weighted by molar-refractivity contribution is 0.416. The first-order valence-corrected chi connectivity index (χ1v) is 7.44. The van der Waals surface area contributed by atoms with Crippen LogP contribution in [0.1, 0.15) is 45.9 Å². The molecule has 3 nitrogen and oxygen atoms in total. The molecule has 104 valence electrons. The fourth-order valence-electron chi connectivity index (χ4n) is 2.62. The van der Waals surface area contributed by atoms with E-state index in [1.807, 2.05) is 12.1 Å². The van der Waals surface area contributed by atoms with Gasteiger partial charge in [0.05, 0.1) is 11.0 Å². The molecular weight excluding hydrogens is 234 g/mol. The number of hydrogen-bond acceptors (Lipinski definition) is 2. The Kier molecular flexibility index (Phi) is 4.46. The van der Waals surface area contributed by atoms with Crippen LogP contribution in [0, 0.1) is 5.92 Å².